The lowest BCUT2D eigenvalue weighted by molar-refractivity contribution is 1.29. The van der Waals surface area contributed by atoms with Crippen molar-refractivity contribution in [2.45, 2.75) is 6.36 Å². The Morgan fingerprint density at radius 2 is 1.75 bits per heavy atom. The van der Waals surface area contributed by atoms with E-state index in [1.807, 2.05) is 0 Å². The van der Waals surface area contributed by atoms with Crippen LogP contribution >= 0.6 is 90.4 Å². The quantitative estimate of drug-likeness (QED) is 0.310. The van der Waals surface area contributed by atoms with Crippen molar-refractivity contribution in [1.29, 1.82) is 0 Å². The fraction of sp³-hybridized carbons (Fsp3) is 0.250. The van der Waals surface area contributed by atoms with E-state index < -0.39 is 0 Å². The van der Waals surface area contributed by atoms with Crippen molar-refractivity contribution in [3.8, 4) is 0 Å². The zero-order valence-corrected chi connectivity index (χ0v) is 14.9. The van der Waals surface area contributed by atoms with Crippen molar-refractivity contribution in [1.82, 2.24) is 0 Å². The van der Waals surface area contributed by atoms with Crippen LogP contribution in [0.5, 0.6) is 0 Å². The van der Waals surface area contributed by atoms with E-state index in [1.165, 1.54) is 14.7 Å². The van der Waals surface area contributed by atoms with Gasteiger partial charge in [-0.1, -0.05) is 12.1 Å². The molecular formula is C8H6I4. The molecular weight excluding hydrogens is 604 g/mol. The SMILES string of the molecule is Cc1c(I)cccc1C(I)(I)I. The Labute approximate surface area is 127 Å². The highest BCUT2D eigenvalue weighted by molar-refractivity contribution is 14.3. The molecule has 0 saturated carbocycles. The predicted octanol–water partition coefficient (Wildman–Crippen LogP) is 5.01. The minimum atomic E-state index is 0.179. The Kier molecular flexibility index (Phi) is 4.86. The first-order chi connectivity index (χ1) is 5.43. The molecule has 0 aliphatic carbocycles. The lowest BCUT2D eigenvalue weighted by Crippen LogP contribution is -2.01. The van der Waals surface area contributed by atoms with E-state index in [9.17, 15) is 0 Å². The maximum absolute atomic E-state index is 2.45. The zero-order valence-electron chi connectivity index (χ0n) is 6.24. The minimum absolute atomic E-state index is 0.179. The number of alkyl halides is 3. The van der Waals surface area contributed by atoms with E-state index in [2.05, 4.69) is 115 Å². The molecule has 1 aromatic rings. The molecule has 1 rings (SSSR count). The van der Waals surface area contributed by atoms with Crippen LogP contribution in [0.15, 0.2) is 18.2 Å². The van der Waals surface area contributed by atoms with E-state index >= 15 is 0 Å². The summed E-state index contributed by atoms with van der Waals surface area (Å²) in [6, 6.07) is 6.46. The summed E-state index contributed by atoms with van der Waals surface area (Å²) < 4.78 is 1.53. The molecule has 0 aromatic heterocycles. The Hall–Kier alpha value is 2.14. The molecule has 0 bridgehead atoms. The highest BCUT2D eigenvalue weighted by Crippen LogP contribution is 2.47. The van der Waals surface area contributed by atoms with Crippen LogP contribution < -0.4 is 0 Å². The van der Waals surface area contributed by atoms with Crippen LogP contribution in [-0.2, 0) is -0.565 Å². The van der Waals surface area contributed by atoms with Crippen molar-refractivity contribution in [3.63, 3.8) is 0 Å². The van der Waals surface area contributed by atoms with Gasteiger partial charge in [0.25, 0.3) is 0 Å². The molecule has 0 nitrogen and oxygen atoms in total. The molecule has 12 heavy (non-hydrogen) atoms. The first kappa shape index (κ1) is 12.2. The van der Waals surface area contributed by atoms with Gasteiger partial charge in [-0.05, 0) is 114 Å². The summed E-state index contributed by atoms with van der Waals surface area (Å²) in [6.45, 7) is 2.18. The fourth-order valence-corrected chi connectivity index (χ4v) is 3.17. The molecule has 1 aromatic carbocycles. The predicted molar refractivity (Wildman–Crippen MR) is 87.6 cm³/mol. The van der Waals surface area contributed by atoms with E-state index in [4.69, 9.17) is 0 Å². The molecule has 0 N–H and O–H groups in total. The van der Waals surface area contributed by atoms with Crippen molar-refractivity contribution < 1.29 is 0 Å². The lowest BCUT2D eigenvalue weighted by Gasteiger charge is -2.16. The molecule has 66 valence electrons. The van der Waals surface area contributed by atoms with Gasteiger partial charge in [-0.25, -0.2) is 0 Å². The topological polar surface area (TPSA) is 0 Å². The number of halogens is 4. The van der Waals surface area contributed by atoms with Crippen molar-refractivity contribution in [3.05, 3.63) is 32.9 Å². The molecule has 0 heterocycles. The Morgan fingerprint density at radius 3 is 2.17 bits per heavy atom. The summed E-state index contributed by atoms with van der Waals surface area (Å²) in [7, 11) is 0. The van der Waals surface area contributed by atoms with E-state index in [1.54, 1.807) is 0 Å². The van der Waals surface area contributed by atoms with E-state index in [0.717, 1.165) is 0 Å². The van der Waals surface area contributed by atoms with Crippen LogP contribution in [0.3, 0.4) is 0 Å². The fourth-order valence-electron chi connectivity index (χ4n) is 0.915. The third-order valence-electron chi connectivity index (χ3n) is 1.57. The zero-order chi connectivity index (χ0) is 9.35. The smallest absolute Gasteiger partial charge is 0.0608 e. The molecule has 0 fully saturated rings. The van der Waals surface area contributed by atoms with Gasteiger partial charge in [-0.2, -0.15) is 0 Å². The van der Waals surface area contributed by atoms with Gasteiger partial charge in [-0.15, -0.1) is 0 Å². The summed E-state index contributed by atoms with van der Waals surface area (Å²) >= 11 is 9.74. The summed E-state index contributed by atoms with van der Waals surface area (Å²) in [5, 5.41) is 0. The monoisotopic (exact) mass is 610 g/mol. The molecule has 0 aliphatic rings. The second-order valence-corrected chi connectivity index (χ2v) is 14.6. The molecule has 0 atom stereocenters. The molecule has 0 radical (unpaired) electrons. The number of benzene rings is 1. The first-order valence-corrected chi connectivity index (χ1v) is 7.56. The standard InChI is InChI=1S/C8H6I4/c1-5-6(8(10,11)12)3-2-4-7(5)9/h2-4H,1H3. The van der Waals surface area contributed by atoms with Crippen LogP contribution in [-0.4, -0.2) is 0 Å². The average Bonchev–Trinajstić information content (AvgIpc) is 1.92. The minimum Gasteiger partial charge on any atom is -0.0608 e. The summed E-state index contributed by atoms with van der Waals surface area (Å²) in [6.07, 6.45) is 0. The second-order valence-electron chi connectivity index (χ2n) is 2.41. The van der Waals surface area contributed by atoms with Gasteiger partial charge in [0.1, 0.15) is -0.565 Å². The second kappa shape index (κ2) is 4.77. The molecule has 0 amide bonds. The van der Waals surface area contributed by atoms with Crippen LogP contribution in [0, 0.1) is 10.5 Å². The Balaban J connectivity index is 3.26. The van der Waals surface area contributed by atoms with Crippen LogP contribution in [0.2, 0.25) is 0 Å². The van der Waals surface area contributed by atoms with E-state index in [0.29, 0.717) is 0 Å². The van der Waals surface area contributed by atoms with Crippen LogP contribution in [0.25, 0.3) is 0 Å². The van der Waals surface area contributed by atoms with Gasteiger partial charge in [0.05, 0.1) is 0 Å². The van der Waals surface area contributed by atoms with Gasteiger partial charge in [-0.3, -0.25) is 0 Å². The third-order valence-corrected chi connectivity index (χ3v) is 4.49. The summed E-state index contributed by atoms with van der Waals surface area (Å²) in [5.74, 6) is 0. The number of hydrogen-bond donors (Lipinski definition) is 0. The Bertz CT molecular complexity index is 288. The lowest BCUT2D eigenvalue weighted by atomic mass is 10.1. The maximum atomic E-state index is 2.45. The van der Waals surface area contributed by atoms with Crippen molar-refractivity contribution in [2.75, 3.05) is 0 Å². The van der Waals surface area contributed by atoms with Gasteiger partial charge >= 0.3 is 0 Å². The van der Waals surface area contributed by atoms with E-state index in [-0.39, 0.29) is -0.565 Å². The highest BCUT2D eigenvalue weighted by Gasteiger charge is 2.22. The number of hydrogen-bond acceptors (Lipinski definition) is 0. The molecule has 0 aliphatic heterocycles. The first-order valence-electron chi connectivity index (χ1n) is 3.25. The number of rotatable bonds is 1. The van der Waals surface area contributed by atoms with Gasteiger partial charge in [0.2, 0.25) is 0 Å². The average molecular weight is 610 g/mol. The largest absolute Gasteiger partial charge is 0.149 e. The normalized spacial score (nSPS) is 11.8. The maximum Gasteiger partial charge on any atom is 0.149 e. The third kappa shape index (κ3) is 3.07. The molecule has 4 heteroatoms. The van der Waals surface area contributed by atoms with Gasteiger partial charge < -0.3 is 0 Å². The van der Waals surface area contributed by atoms with Crippen LogP contribution in [0.4, 0.5) is 0 Å². The van der Waals surface area contributed by atoms with Gasteiger partial charge in [0, 0.05) is 3.57 Å². The highest BCUT2D eigenvalue weighted by atomic mass is 127. The van der Waals surface area contributed by atoms with Crippen molar-refractivity contribution >= 4 is 90.4 Å². The summed E-state index contributed by atoms with van der Waals surface area (Å²) in [4.78, 5) is 0. The van der Waals surface area contributed by atoms with Crippen molar-refractivity contribution in [2.24, 2.45) is 0 Å². The molecule has 0 spiro atoms. The summed E-state index contributed by atoms with van der Waals surface area (Å²) in [5.41, 5.74) is 2.81. The molecule has 0 unspecified atom stereocenters. The van der Waals surface area contributed by atoms with Crippen LogP contribution in [0.1, 0.15) is 11.1 Å². The molecule has 0 saturated heterocycles. The van der Waals surface area contributed by atoms with Gasteiger partial charge in [0.15, 0.2) is 0 Å². The Morgan fingerprint density at radius 1 is 1.17 bits per heavy atom.